The molecular weight excluding hydrogens is 298 g/mol. The van der Waals surface area contributed by atoms with Gasteiger partial charge in [-0.2, -0.15) is 4.98 Å². The van der Waals surface area contributed by atoms with Crippen LogP contribution in [0, 0.1) is 0 Å². The number of hydrogen-bond acceptors (Lipinski definition) is 6. The van der Waals surface area contributed by atoms with Crippen molar-refractivity contribution in [2.75, 3.05) is 13.7 Å². The van der Waals surface area contributed by atoms with Crippen molar-refractivity contribution in [2.45, 2.75) is 23.1 Å². The van der Waals surface area contributed by atoms with E-state index in [1.165, 1.54) is 0 Å². The van der Waals surface area contributed by atoms with Crippen LogP contribution in [-0.2, 0) is 16.9 Å². The van der Waals surface area contributed by atoms with E-state index in [1.54, 1.807) is 18.9 Å². The largest absolute Gasteiger partial charge is 0.383 e. The van der Waals surface area contributed by atoms with Crippen LogP contribution in [0.5, 0.6) is 0 Å². The Kier molecular flexibility index (Phi) is 5.85. The highest BCUT2D eigenvalue weighted by molar-refractivity contribution is 7.98. The summed E-state index contributed by atoms with van der Waals surface area (Å²) in [4.78, 5) is 5.41. The lowest BCUT2D eigenvalue weighted by Crippen LogP contribution is -2.28. The molecule has 20 heavy (non-hydrogen) atoms. The van der Waals surface area contributed by atoms with Gasteiger partial charge in [-0.15, -0.1) is 11.8 Å². The van der Waals surface area contributed by atoms with Gasteiger partial charge in [-0.3, -0.25) is 0 Å². The van der Waals surface area contributed by atoms with Crippen molar-refractivity contribution in [3.63, 3.8) is 0 Å². The smallest absolute Gasteiger partial charge is 0.228 e. The molecule has 1 atom stereocenters. The second-order valence-electron chi connectivity index (χ2n) is 4.27. The molecule has 7 heteroatoms. The fourth-order valence-corrected chi connectivity index (χ4v) is 2.48. The van der Waals surface area contributed by atoms with Crippen LogP contribution in [0.4, 0.5) is 0 Å². The lowest BCUT2D eigenvalue weighted by atomic mass is 10.2. The number of nitrogens with zero attached hydrogens (tertiary/aromatic N) is 2. The van der Waals surface area contributed by atoms with Gasteiger partial charge in [0.05, 0.1) is 12.4 Å². The summed E-state index contributed by atoms with van der Waals surface area (Å²) < 4.78 is 10.1. The summed E-state index contributed by atoms with van der Waals surface area (Å²) in [5.41, 5.74) is 5.83. The van der Waals surface area contributed by atoms with E-state index in [0.717, 1.165) is 9.92 Å². The summed E-state index contributed by atoms with van der Waals surface area (Å²) in [6.45, 7) is 0.469. The first-order valence-electron chi connectivity index (χ1n) is 6.11. The van der Waals surface area contributed by atoms with Crippen LogP contribution in [0.15, 0.2) is 33.7 Å². The third-order valence-electron chi connectivity index (χ3n) is 2.51. The van der Waals surface area contributed by atoms with Crippen molar-refractivity contribution >= 4 is 23.4 Å². The number of hydrogen-bond donors (Lipinski definition) is 1. The second-order valence-corrected chi connectivity index (χ2v) is 5.75. The molecule has 0 bridgehead atoms. The quantitative estimate of drug-likeness (QED) is 0.792. The van der Waals surface area contributed by atoms with Gasteiger partial charge in [0.15, 0.2) is 5.82 Å². The van der Waals surface area contributed by atoms with Gasteiger partial charge in [-0.1, -0.05) is 16.8 Å². The molecule has 0 aliphatic heterocycles. The summed E-state index contributed by atoms with van der Waals surface area (Å²) in [5.74, 6) is 1.84. The number of thioether (sulfide) groups is 1. The van der Waals surface area contributed by atoms with Crippen molar-refractivity contribution in [1.29, 1.82) is 0 Å². The van der Waals surface area contributed by atoms with Gasteiger partial charge in [-0.25, -0.2) is 0 Å². The summed E-state index contributed by atoms with van der Waals surface area (Å²) >= 11 is 7.46. The van der Waals surface area contributed by atoms with Gasteiger partial charge in [0.1, 0.15) is 0 Å². The van der Waals surface area contributed by atoms with E-state index in [4.69, 9.17) is 26.6 Å². The number of methoxy groups -OCH3 is 1. The standard InChI is InChI=1S/C13H16ClN3O2S/c1-18-7-10(15)6-13-16-12(17-19-13)8-20-11-4-2-9(14)3-5-11/h2-5,10H,6-8,15H2,1H3. The maximum atomic E-state index is 5.84. The number of aromatic nitrogens is 2. The van der Waals surface area contributed by atoms with E-state index in [1.807, 2.05) is 24.3 Å². The molecule has 1 aromatic heterocycles. The highest BCUT2D eigenvalue weighted by Gasteiger charge is 2.11. The molecule has 0 saturated heterocycles. The zero-order chi connectivity index (χ0) is 14.4. The van der Waals surface area contributed by atoms with Gasteiger partial charge in [0.2, 0.25) is 5.89 Å². The molecule has 0 amide bonds. The predicted molar refractivity (Wildman–Crippen MR) is 78.9 cm³/mol. The maximum Gasteiger partial charge on any atom is 0.228 e. The molecule has 108 valence electrons. The number of rotatable bonds is 7. The summed E-state index contributed by atoms with van der Waals surface area (Å²) in [5, 5.41) is 4.66. The van der Waals surface area contributed by atoms with Crippen molar-refractivity contribution in [1.82, 2.24) is 10.1 Å². The second kappa shape index (κ2) is 7.64. The van der Waals surface area contributed by atoms with Gasteiger partial charge >= 0.3 is 0 Å². The Morgan fingerprint density at radius 2 is 2.15 bits per heavy atom. The Balaban J connectivity index is 1.85. The van der Waals surface area contributed by atoms with E-state index in [9.17, 15) is 0 Å². The number of nitrogens with two attached hydrogens (primary N) is 1. The molecule has 2 aromatic rings. The normalized spacial score (nSPS) is 12.6. The van der Waals surface area contributed by atoms with E-state index in [-0.39, 0.29) is 6.04 Å². The molecule has 0 saturated carbocycles. The minimum absolute atomic E-state index is 0.128. The highest BCUT2D eigenvalue weighted by atomic mass is 35.5. The molecule has 2 rings (SSSR count). The van der Waals surface area contributed by atoms with E-state index in [0.29, 0.717) is 30.5 Å². The zero-order valence-electron chi connectivity index (χ0n) is 11.1. The third-order valence-corrected chi connectivity index (χ3v) is 3.77. The number of halogens is 1. The van der Waals surface area contributed by atoms with Crippen LogP contribution < -0.4 is 5.73 Å². The topological polar surface area (TPSA) is 74.2 Å². The van der Waals surface area contributed by atoms with Crippen molar-refractivity contribution in [2.24, 2.45) is 5.73 Å². The van der Waals surface area contributed by atoms with E-state index in [2.05, 4.69) is 10.1 Å². The predicted octanol–water partition coefficient (Wildman–Crippen LogP) is 2.53. The minimum atomic E-state index is -0.128. The van der Waals surface area contributed by atoms with Crippen LogP contribution in [0.25, 0.3) is 0 Å². The Morgan fingerprint density at radius 1 is 1.40 bits per heavy atom. The molecular formula is C13H16ClN3O2S. The van der Waals surface area contributed by atoms with E-state index < -0.39 is 0 Å². The van der Waals surface area contributed by atoms with Gasteiger partial charge in [-0.05, 0) is 24.3 Å². The van der Waals surface area contributed by atoms with Crippen LogP contribution >= 0.6 is 23.4 Å². The Morgan fingerprint density at radius 3 is 2.85 bits per heavy atom. The fraction of sp³-hybridized carbons (Fsp3) is 0.385. The SMILES string of the molecule is COCC(N)Cc1nc(CSc2ccc(Cl)cc2)no1. The molecule has 2 N–H and O–H groups in total. The zero-order valence-corrected chi connectivity index (χ0v) is 12.7. The monoisotopic (exact) mass is 313 g/mol. The van der Waals surface area contributed by atoms with Crippen molar-refractivity contribution < 1.29 is 9.26 Å². The fourth-order valence-electron chi connectivity index (χ4n) is 1.61. The Bertz CT molecular complexity index is 533. The molecule has 5 nitrogen and oxygen atoms in total. The van der Waals surface area contributed by atoms with Crippen LogP contribution in [-0.4, -0.2) is 29.9 Å². The first-order chi connectivity index (χ1) is 9.67. The molecule has 0 fully saturated rings. The molecule has 1 heterocycles. The minimum Gasteiger partial charge on any atom is -0.383 e. The highest BCUT2D eigenvalue weighted by Crippen LogP contribution is 2.23. The lowest BCUT2D eigenvalue weighted by molar-refractivity contribution is 0.176. The number of benzene rings is 1. The molecule has 1 unspecified atom stereocenters. The number of ether oxygens (including phenoxy) is 1. The lowest BCUT2D eigenvalue weighted by Gasteiger charge is -2.05. The summed E-state index contributed by atoms with van der Waals surface area (Å²) in [6, 6.07) is 7.51. The van der Waals surface area contributed by atoms with Crippen LogP contribution in [0.2, 0.25) is 5.02 Å². The molecule has 1 aromatic carbocycles. The van der Waals surface area contributed by atoms with Gasteiger partial charge < -0.3 is 15.0 Å². The molecule has 0 spiro atoms. The van der Waals surface area contributed by atoms with Gasteiger partial charge in [0, 0.05) is 29.5 Å². The molecule has 0 aliphatic carbocycles. The van der Waals surface area contributed by atoms with Crippen molar-refractivity contribution in [3.05, 3.63) is 41.0 Å². The third kappa shape index (κ3) is 4.79. The average Bonchev–Trinajstić information content (AvgIpc) is 2.86. The van der Waals surface area contributed by atoms with Crippen molar-refractivity contribution in [3.8, 4) is 0 Å². The Labute approximate surface area is 126 Å². The first kappa shape index (κ1) is 15.3. The van der Waals surface area contributed by atoms with Crippen LogP contribution in [0.3, 0.4) is 0 Å². The summed E-state index contributed by atoms with van der Waals surface area (Å²) in [7, 11) is 1.61. The summed E-state index contributed by atoms with van der Waals surface area (Å²) in [6.07, 6.45) is 0.520. The van der Waals surface area contributed by atoms with Gasteiger partial charge in [0.25, 0.3) is 0 Å². The van der Waals surface area contributed by atoms with E-state index >= 15 is 0 Å². The Hall–Kier alpha value is -1.08. The molecule has 0 aliphatic rings. The van der Waals surface area contributed by atoms with Crippen LogP contribution in [0.1, 0.15) is 11.7 Å². The average molecular weight is 314 g/mol. The maximum absolute atomic E-state index is 5.84. The molecule has 0 radical (unpaired) electrons. The first-order valence-corrected chi connectivity index (χ1v) is 7.48.